The molecule has 6 nitrogen and oxygen atoms in total. The van der Waals surface area contributed by atoms with Crippen LogP contribution in [-0.2, 0) is 14.2 Å². The average molecular weight is 409 g/mol. The second-order valence-electron chi connectivity index (χ2n) is 6.07. The van der Waals surface area contributed by atoms with Gasteiger partial charge < -0.3 is 19.5 Å². The minimum Gasteiger partial charge on any atom is -0.464 e. The Balaban J connectivity index is 1.82. The minimum absolute atomic E-state index is 0.0654. The van der Waals surface area contributed by atoms with Crippen LogP contribution in [-0.4, -0.2) is 50.0 Å². The Morgan fingerprint density at radius 2 is 2.32 bits per heavy atom. The number of rotatable bonds is 6. The molecule has 25 heavy (non-hydrogen) atoms. The molecule has 1 aromatic carbocycles. The van der Waals surface area contributed by atoms with E-state index < -0.39 is 5.97 Å². The lowest BCUT2D eigenvalue weighted by molar-refractivity contribution is 0.0395. The van der Waals surface area contributed by atoms with Crippen LogP contribution in [0.3, 0.4) is 0 Å². The molecule has 134 valence electrons. The van der Waals surface area contributed by atoms with Gasteiger partial charge in [-0.2, -0.15) is 0 Å². The van der Waals surface area contributed by atoms with E-state index in [1.165, 1.54) is 7.11 Å². The van der Waals surface area contributed by atoms with Crippen molar-refractivity contribution in [2.45, 2.75) is 25.5 Å². The van der Waals surface area contributed by atoms with E-state index >= 15 is 0 Å². The highest BCUT2D eigenvalue weighted by Gasteiger charge is 2.18. The topological polar surface area (TPSA) is 69.7 Å². The second kappa shape index (κ2) is 8.12. The zero-order valence-electron chi connectivity index (χ0n) is 14.3. The zero-order valence-corrected chi connectivity index (χ0v) is 15.8. The lowest BCUT2D eigenvalue weighted by Gasteiger charge is -2.19. The normalized spacial score (nSPS) is 18.3. The smallest absolute Gasteiger partial charge is 0.356 e. The van der Waals surface area contributed by atoms with Crippen molar-refractivity contribution in [1.82, 2.24) is 4.98 Å². The van der Waals surface area contributed by atoms with Crippen LogP contribution < -0.4 is 5.32 Å². The Hall–Kier alpha value is -1.70. The number of nitrogens with one attached hydrogen (secondary N) is 1. The van der Waals surface area contributed by atoms with Crippen molar-refractivity contribution in [3.8, 4) is 0 Å². The summed E-state index contributed by atoms with van der Waals surface area (Å²) in [4.78, 5) is 16.3. The summed E-state index contributed by atoms with van der Waals surface area (Å²) in [7, 11) is 1.35. The maximum atomic E-state index is 11.9. The van der Waals surface area contributed by atoms with E-state index in [2.05, 4.69) is 26.2 Å². The Labute approximate surface area is 155 Å². The highest BCUT2D eigenvalue weighted by Crippen LogP contribution is 2.27. The number of hydrogen-bond acceptors (Lipinski definition) is 6. The highest BCUT2D eigenvalue weighted by molar-refractivity contribution is 9.10. The van der Waals surface area contributed by atoms with Gasteiger partial charge in [-0.05, 0) is 37.6 Å². The van der Waals surface area contributed by atoms with E-state index in [4.69, 9.17) is 14.2 Å². The number of esters is 1. The molecular weight excluding hydrogens is 388 g/mol. The van der Waals surface area contributed by atoms with Gasteiger partial charge in [-0.1, -0.05) is 15.9 Å². The third-order valence-electron chi connectivity index (χ3n) is 4.04. The molecule has 1 fully saturated rings. The maximum absolute atomic E-state index is 11.9. The van der Waals surface area contributed by atoms with E-state index in [0.717, 1.165) is 34.1 Å². The van der Waals surface area contributed by atoms with E-state index in [1.807, 2.05) is 25.1 Å². The maximum Gasteiger partial charge on any atom is 0.356 e. The summed E-state index contributed by atoms with van der Waals surface area (Å²) < 4.78 is 16.9. The molecule has 1 N–H and O–H groups in total. The van der Waals surface area contributed by atoms with Gasteiger partial charge in [0, 0.05) is 28.2 Å². The third-order valence-corrected chi connectivity index (χ3v) is 4.53. The summed E-state index contributed by atoms with van der Waals surface area (Å²) in [5.41, 5.74) is 1.83. The largest absolute Gasteiger partial charge is 0.464 e. The summed E-state index contributed by atoms with van der Waals surface area (Å²) in [6.07, 6.45) is 1.10. The van der Waals surface area contributed by atoms with Crippen molar-refractivity contribution >= 4 is 38.5 Å². The molecule has 1 saturated heterocycles. The molecule has 0 spiro atoms. The lowest BCUT2D eigenvalue weighted by Crippen LogP contribution is -2.26. The number of methoxy groups -OCH3 is 1. The number of halogens is 1. The first-order valence-corrected chi connectivity index (χ1v) is 9.00. The van der Waals surface area contributed by atoms with Crippen molar-refractivity contribution in [2.75, 3.05) is 32.2 Å². The molecule has 0 radical (unpaired) electrons. The van der Waals surface area contributed by atoms with Crippen molar-refractivity contribution in [3.05, 3.63) is 34.4 Å². The number of nitrogens with zero attached hydrogens (tertiary/aromatic N) is 1. The van der Waals surface area contributed by atoms with Crippen LogP contribution in [0.4, 0.5) is 5.69 Å². The monoisotopic (exact) mass is 408 g/mol. The molecule has 2 atom stereocenters. The molecular formula is C18H21BrN2O4. The fourth-order valence-corrected chi connectivity index (χ4v) is 3.12. The molecule has 2 unspecified atom stereocenters. The number of ether oxygens (including phenoxy) is 3. The Kier molecular flexibility index (Phi) is 5.88. The third kappa shape index (κ3) is 4.48. The number of fused-ring (bicyclic) bond motifs is 1. The van der Waals surface area contributed by atoms with E-state index in [-0.39, 0.29) is 17.8 Å². The SMILES string of the molecule is COC(=O)c1cc(NC(C)COC2CCOC2)c2cc(Br)ccc2n1. The molecule has 1 aliphatic rings. The number of hydrogen-bond donors (Lipinski definition) is 1. The van der Waals surface area contributed by atoms with Crippen LogP contribution in [0.15, 0.2) is 28.7 Å². The van der Waals surface area contributed by atoms with Crippen LogP contribution in [0.5, 0.6) is 0 Å². The Bertz CT molecular complexity index is 762. The summed E-state index contributed by atoms with van der Waals surface area (Å²) in [6.45, 7) is 4.01. The van der Waals surface area contributed by atoms with Crippen LogP contribution >= 0.6 is 15.9 Å². The molecule has 7 heteroatoms. The quantitative estimate of drug-likeness (QED) is 0.738. The summed E-state index contributed by atoms with van der Waals surface area (Å²) in [5, 5.41) is 4.35. The molecule has 1 aromatic heterocycles. The second-order valence-corrected chi connectivity index (χ2v) is 6.99. The number of aromatic nitrogens is 1. The van der Waals surface area contributed by atoms with Gasteiger partial charge in [-0.15, -0.1) is 0 Å². The molecule has 3 rings (SSSR count). The number of anilines is 1. The average Bonchev–Trinajstić information content (AvgIpc) is 3.13. The summed E-state index contributed by atoms with van der Waals surface area (Å²) >= 11 is 3.48. The molecule has 2 aromatic rings. The number of carbonyl (C=O) groups excluding carboxylic acids is 1. The van der Waals surface area contributed by atoms with Gasteiger partial charge in [0.1, 0.15) is 0 Å². The Morgan fingerprint density at radius 1 is 1.48 bits per heavy atom. The molecule has 0 aliphatic carbocycles. The van der Waals surface area contributed by atoms with Crippen molar-refractivity contribution in [3.63, 3.8) is 0 Å². The number of carbonyl (C=O) groups is 1. The van der Waals surface area contributed by atoms with E-state index in [9.17, 15) is 4.79 Å². The van der Waals surface area contributed by atoms with Gasteiger partial charge >= 0.3 is 5.97 Å². The van der Waals surface area contributed by atoms with Crippen molar-refractivity contribution in [1.29, 1.82) is 0 Å². The number of benzene rings is 1. The van der Waals surface area contributed by atoms with Gasteiger partial charge in [0.05, 0.1) is 31.9 Å². The van der Waals surface area contributed by atoms with Gasteiger partial charge in [0.25, 0.3) is 0 Å². The van der Waals surface area contributed by atoms with Crippen LogP contribution in [0.25, 0.3) is 10.9 Å². The minimum atomic E-state index is -0.458. The van der Waals surface area contributed by atoms with Crippen molar-refractivity contribution < 1.29 is 19.0 Å². The molecule has 0 bridgehead atoms. The van der Waals surface area contributed by atoms with Gasteiger partial charge in [-0.25, -0.2) is 9.78 Å². The Morgan fingerprint density at radius 3 is 3.04 bits per heavy atom. The standard InChI is InChI=1S/C18H21BrN2O4/c1-11(9-25-13-5-6-24-10-13)20-16-8-17(18(22)23-2)21-15-4-3-12(19)7-14(15)16/h3-4,7-8,11,13H,5-6,9-10H2,1-2H3,(H,20,21). The van der Waals surface area contributed by atoms with Crippen LogP contribution in [0, 0.1) is 0 Å². The molecule has 0 saturated carbocycles. The zero-order chi connectivity index (χ0) is 17.8. The predicted octanol–water partition coefficient (Wildman–Crippen LogP) is 3.39. The summed E-state index contributed by atoms with van der Waals surface area (Å²) in [6, 6.07) is 7.52. The van der Waals surface area contributed by atoms with Gasteiger partial charge in [-0.3, -0.25) is 0 Å². The molecule has 2 heterocycles. The first kappa shape index (κ1) is 18.1. The highest BCUT2D eigenvalue weighted by atomic mass is 79.9. The van der Waals surface area contributed by atoms with Crippen molar-refractivity contribution in [2.24, 2.45) is 0 Å². The molecule has 1 aliphatic heterocycles. The predicted molar refractivity (Wildman–Crippen MR) is 99.0 cm³/mol. The van der Waals surface area contributed by atoms with Gasteiger partial charge in [0.2, 0.25) is 0 Å². The van der Waals surface area contributed by atoms with Gasteiger partial charge in [0.15, 0.2) is 5.69 Å². The molecule has 0 amide bonds. The first-order valence-electron chi connectivity index (χ1n) is 8.21. The number of pyridine rings is 1. The first-order chi connectivity index (χ1) is 12.1. The fourth-order valence-electron chi connectivity index (χ4n) is 2.76. The van der Waals surface area contributed by atoms with Crippen LogP contribution in [0.2, 0.25) is 0 Å². The lowest BCUT2D eigenvalue weighted by atomic mass is 10.1. The van der Waals surface area contributed by atoms with E-state index in [1.54, 1.807) is 6.07 Å². The van der Waals surface area contributed by atoms with E-state index in [0.29, 0.717) is 13.2 Å². The van der Waals surface area contributed by atoms with Crippen LogP contribution in [0.1, 0.15) is 23.8 Å². The summed E-state index contributed by atoms with van der Waals surface area (Å²) in [5.74, 6) is -0.458. The fraction of sp³-hybridized carbons (Fsp3) is 0.444.